The normalized spacial score (nSPS) is 30.8. The predicted molar refractivity (Wildman–Crippen MR) is 71.6 cm³/mol. The molecule has 0 saturated carbocycles. The second-order valence-electron chi connectivity index (χ2n) is 5.35. The molecule has 2 heterocycles. The van der Waals surface area contributed by atoms with Crippen LogP contribution in [0.15, 0.2) is 24.3 Å². The van der Waals surface area contributed by atoms with Crippen LogP contribution in [0.4, 0.5) is 0 Å². The molecule has 1 saturated heterocycles. The third-order valence-electron chi connectivity index (χ3n) is 3.70. The number of hydrogen-bond donors (Lipinski definition) is 3. The Kier molecular flexibility index (Phi) is 3.50. The highest BCUT2D eigenvalue weighted by Gasteiger charge is 2.23. The van der Waals surface area contributed by atoms with Crippen molar-refractivity contribution in [1.29, 1.82) is 0 Å². The van der Waals surface area contributed by atoms with Gasteiger partial charge >= 0.3 is 0 Å². The van der Waals surface area contributed by atoms with Crippen LogP contribution >= 0.6 is 0 Å². The van der Waals surface area contributed by atoms with E-state index in [-0.39, 0.29) is 0 Å². The highest BCUT2D eigenvalue weighted by Crippen LogP contribution is 2.23. The van der Waals surface area contributed by atoms with Crippen LogP contribution in [-0.2, 0) is 6.42 Å². The number of para-hydroxylation sites is 1. The minimum Gasteiger partial charge on any atom is -0.492 e. The summed E-state index contributed by atoms with van der Waals surface area (Å²) in [5, 5.41) is 3.60. The van der Waals surface area contributed by atoms with Gasteiger partial charge in [0.1, 0.15) is 12.4 Å². The highest BCUT2D eigenvalue weighted by atomic mass is 16.5. The van der Waals surface area contributed by atoms with E-state index in [9.17, 15) is 0 Å². The van der Waals surface area contributed by atoms with E-state index in [2.05, 4.69) is 41.3 Å². The van der Waals surface area contributed by atoms with E-state index in [4.69, 9.17) is 4.74 Å². The number of hydrazine groups is 1. The van der Waals surface area contributed by atoms with Crippen LogP contribution in [0.5, 0.6) is 5.75 Å². The SMILES string of the molecule is CC1CC(CNC2COc3ccccc3C2)NN1. The Morgan fingerprint density at radius 1 is 1.33 bits per heavy atom. The molecule has 98 valence electrons. The lowest BCUT2D eigenvalue weighted by Gasteiger charge is -2.27. The molecular weight excluding hydrogens is 226 g/mol. The summed E-state index contributed by atoms with van der Waals surface area (Å²) in [6, 6.07) is 9.84. The maximum atomic E-state index is 5.77. The molecule has 1 fully saturated rings. The lowest BCUT2D eigenvalue weighted by molar-refractivity contribution is 0.235. The largest absolute Gasteiger partial charge is 0.492 e. The molecule has 4 nitrogen and oxygen atoms in total. The lowest BCUT2D eigenvalue weighted by atomic mass is 10.0. The van der Waals surface area contributed by atoms with Crippen LogP contribution < -0.4 is 20.9 Å². The molecule has 3 N–H and O–H groups in total. The third-order valence-corrected chi connectivity index (χ3v) is 3.70. The Bertz CT molecular complexity index is 410. The topological polar surface area (TPSA) is 45.3 Å². The molecule has 0 radical (unpaired) electrons. The van der Waals surface area contributed by atoms with E-state index in [0.29, 0.717) is 18.1 Å². The number of ether oxygens (including phenoxy) is 1. The van der Waals surface area contributed by atoms with Crippen molar-refractivity contribution in [1.82, 2.24) is 16.2 Å². The zero-order valence-electron chi connectivity index (χ0n) is 10.8. The first-order valence-electron chi connectivity index (χ1n) is 6.76. The average Bonchev–Trinajstić information content (AvgIpc) is 2.82. The molecule has 0 aliphatic carbocycles. The molecule has 0 bridgehead atoms. The zero-order valence-corrected chi connectivity index (χ0v) is 10.8. The van der Waals surface area contributed by atoms with Crippen LogP contribution in [0, 0.1) is 0 Å². The summed E-state index contributed by atoms with van der Waals surface area (Å²) in [6.45, 7) is 3.97. The van der Waals surface area contributed by atoms with Crippen LogP contribution in [0.2, 0.25) is 0 Å². The van der Waals surface area contributed by atoms with Gasteiger partial charge in [-0.05, 0) is 31.4 Å². The minimum absolute atomic E-state index is 0.428. The second-order valence-corrected chi connectivity index (χ2v) is 5.35. The van der Waals surface area contributed by atoms with Crippen molar-refractivity contribution >= 4 is 0 Å². The molecule has 0 amide bonds. The molecule has 18 heavy (non-hydrogen) atoms. The summed E-state index contributed by atoms with van der Waals surface area (Å²) in [6.07, 6.45) is 2.24. The van der Waals surface area contributed by atoms with Gasteiger partial charge in [0.2, 0.25) is 0 Å². The fourth-order valence-electron chi connectivity index (χ4n) is 2.71. The number of rotatable bonds is 3. The van der Waals surface area contributed by atoms with Gasteiger partial charge in [-0.1, -0.05) is 18.2 Å². The third kappa shape index (κ3) is 2.66. The number of fused-ring (bicyclic) bond motifs is 1. The number of nitrogens with one attached hydrogen (secondary N) is 3. The quantitative estimate of drug-likeness (QED) is 0.740. The minimum atomic E-state index is 0.428. The Labute approximate surface area is 108 Å². The van der Waals surface area contributed by atoms with Gasteiger partial charge in [-0.15, -0.1) is 0 Å². The molecule has 2 aliphatic heterocycles. The monoisotopic (exact) mass is 247 g/mol. The van der Waals surface area contributed by atoms with Crippen molar-refractivity contribution in [3.63, 3.8) is 0 Å². The van der Waals surface area contributed by atoms with Crippen molar-refractivity contribution in [2.24, 2.45) is 0 Å². The Morgan fingerprint density at radius 3 is 3.06 bits per heavy atom. The standard InChI is InChI=1S/C14H21N3O/c1-10-6-12(17-16-10)8-15-13-7-11-4-2-3-5-14(11)18-9-13/h2-5,10,12-13,15-17H,6-9H2,1H3. The van der Waals surface area contributed by atoms with E-state index < -0.39 is 0 Å². The van der Waals surface area contributed by atoms with Gasteiger partial charge in [0.25, 0.3) is 0 Å². The first kappa shape index (κ1) is 12.0. The van der Waals surface area contributed by atoms with Crippen LogP contribution in [0.3, 0.4) is 0 Å². The van der Waals surface area contributed by atoms with E-state index in [1.165, 1.54) is 12.0 Å². The molecule has 3 atom stereocenters. The van der Waals surface area contributed by atoms with Crippen LogP contribution in [0.1, 0.15) is 18.9 Å². The van der Waals surface area contributed by atoms with Gasteiger partial charge in [0.15, 0.2) is 0 Å². The first-order valence-corrected chi connectivity index (χ1v) is 6.76. The average molecular weight is 247 g/mol. The summed E-state index contributed by atoms with van der Waals surface area (Å²) >= 11 is 0. The first-order chi connectivity index (χ1) is 8.81. The number of hydrogen-bond acceptors (Lipinski definition) is 4. The van der Waals surface area contributed by atoms with Crippen molar-refractivity contribution in [3.8, 4) is 5.75 Å². The Hall–Kier alpha value is -1.10. The summed E-state index contributed by atoms with van der Waals surface area (Å²) in [4.78, 5) is 0. The van der Waals surface area contributed by atoms with Crippen LogP contribution in [0.25, 0.3) is 0 Å². The fraction of sp³-hybridized carbons (Fsp3) is 0.571. The van der Waals surface area contributed by atoms with E-state index in [1.807, 2.05) is 6.07 Å². The lowest BCUT2D eigenvalue weighted by Crippen LogP contribution is -2.46. The molecule has 4 heteroatoms. The zero-order chi connectivity index (χ0) is 12.4. The van der Waals surface area contributed by atoms with Gasteiger partial charge in [-0.3, -0.25) is 10.9 Å². The van der Waals surface area contributed by atoms with Gasteiger partial charge in [-0.2, -0.15) is 0 Å². The summed E-state index contributed by atoms with van der Waals surface area (Å²) < 4.78 is 5.77. The summed E-state index contributed by atoms with van der Waals surface area (Å²) in [5.74, 6) is 1.05. The van der Waals surface area contributed by atoms with Crippen molar-refractivity contribution in [3.05, 3.63) is 29.8 Å². The van der Waals surface area contributed by atoms with E-state index in [1.54, 1.807) is 0 Å². The van der Waals surface area contributed by atoms with Crippen molar-refractivity contribution in [2.75, 3.05) is 13.2 Å². The highest BCUT2D eigenvalue weighted by molar-refractivity contribution is 5.35. The molecule has 1 aromatic rings. The fourth-order valence-corrected chi connectivity index (χ4v) is 2.71. The predicted octanol–water partition coefficient (Wildman–Crippen LogP) is 0.835. The summed E-state index contributed by atoms with van der Waals surface area (Å²) in [7, 11) is 0. The summed E-state index contributed by atoms with van der Waals surface area (Å²) in [5.41, 5.74) is 7.88. The van der Waals surface area contributed by atoms with Gasteiger partial charge in [0, 0.05) is 24.7 Å². The van der Waals surface area contributed by atoms with Gasteiger partial charge in [0.05, 0.1) is 0 Å². The van der Waals surface area contributed by atoms with Crippen molar-refractivity contribution < 1.29 is 4.74 Å². The molecule has 3 unspecified atom stereocenters. The Morgan fingerprint density at radius 2 is 2.22 bits per heavy atom. The van der Waals surface area contributed by atoms with Crippen molar-refractivity contribution in [2.45, 2.75) is 37.9 Å². The van der Waals surface area contributed by atoms with Gasteiger partial charge < -0.3 is 10.1 Å². The maximum Gasteiger partial charge on any atom is 0.122 e. The van der Waals surface area contributed by atoms with E-state index in [0.717, 1.165) is 25.3 Å². The van der Waals surface area contributed by atoms with Crippen LogP contribution in [-0.4, -0.2) is 31.3 Å². The molecule has 1 aromatic carbocycles. The second kappa shape index (κ2) is 5.26. The Balaban J connectivity index is 1.51. The van der Waals surface area contributed by atoms with Gasteiger partial charge in [-0.25, -0.2) is 0 Å². The van der Waals surface area contributed by atoms with E-state index >= 15 is 0 Å². The molecule has 3 rings (SSSR count). The molecule has 0 spiro atoms. The molecule has 2 aliphatic rings. The smallest absolute Gasteiger partial charge is 0.122 e. The molecular formula is C14H21N3O. The molecule has 0 aromatic heterocycles. The number of benzene rings is 1. The maximum absolute atomic E-state index is 5.77.